The second-order valence-electron chi connectivity index (χ2n) is 7.67. The summed E-state index contributed by atoms with van der Waals surface area (Å²) < 4.78 is 4.99. The summed E-state index contributed by atoms with van der Waals surface area (Å²) in [7, 11) is 0. The highest BCUT2D eigenvalue weighted by Crippen LogP contribution is 2.29. The van der Waals surface area contributed by atoms with Crippen LogP contribution in [0.15, 0.2) is 71.3 Å². The molecule has 30 heavy (non-hydrogen) atoms. The van der Waals surface area contributed by atoms with E-state index < -0.39 is 0 Å². The molecule has 2 heterocycles. The van der Waals surface area contributed by atoms with E-state index in [0.29, 0.717) is 37.5 Å². The molecule has 0 saturated carbocycles. The lowest BCUT2D eigenvalue weighted by Crippen LogP contribution is -2.43. The summed E-state index contributed by atoms with van der Waals surface area (Å²) in [6.07, 6.45) is 1.26. The van der Waals surface area contributed by atoms with E-state index in [1.54, 1.807) is 13.0 Å². The molecule has 0 atom stereocenters. The molecule has 1 aliphatic rings. The van der Waals surface area contributed by atoms with E-state index >= 15 is 0 Å². The Bertz CT molecular complexity index is 953. The van der Waals surface area contributed by atoms with Gasteiger partial charge in [-0.3, -0.25) is 9.59 Å². The first kappa shape index (κ1) is 19.9. The van der Waals surface area contributed by atoms with Gasteiger partial charge in [-0.05, 0) is 30.9 Å². The number of likely N-dealkylation sites (tertiary alicyclic amines) is 1. The Morgan fingerprint density at radius 2 is 1.57 bits per heavy atom. The Morgan fingerprint density at radius 3 is 2.07 bits per heavy atom. The monoisotopic (exact) mass is 403 g/mol. The number of carbonyl (C=O) groups excluding carboxylic acids is 2. The lowest BCUT2D eigenvalue weighted by molar-refractivity contribution is -0.135. The molecular weight excluding hydrogens is 378 g/mol. The fourth-order valence-electron chi connectivity index (χ4n) is 3.97. The molecule has 154 valence electrons. The quantitative estimate of drug-likeness (QED) is 0.699. The average Bonchev–Trinajstić information content (AvgIpc) is 3.20. The van der Waals surface area contributed by atoms with Crippen LogP contribution in [0.25, 0.3) is 0 Å². The summed E-state index contributed by atoms with van der Waals surface area (Å²) in [6, 6.07) is 21.4. The number of nitrogens with zero attached hydrogens (tertiary/aromatic N) is 2. The number of hydrogen-bond acceptors (Lipinski definition) is 4. The van der Waals surface area contributed by atoms with Gasteiger partial charge in [0.15, 0.2) is 5.82 Å². The first-order valence-corrected chi connectivity index (χ1v) is 10.2. The average molecular weight is 403 g/mol. The Hall–Kier alpha value is -3.41. The van der Waals surface area contributed by atoms with E-state index in [1.807, 2.05) is 65.6 Å². The lowest BCUT2D eigenvalue weighted by Gasteiger charge is -2.34. The molecule has 1 aliphatic heterocycles. The van der Waals surface area contributed by atoms with Crippen molar-refractivity contribution in [3.63, 3.8) is 0 Å². The van der Waals surface area contributed by atoms with Crippen molar-refractivity contribution in [1.82, 2.24) is 10.1 Å². The second-order valence-corrected chi connectivity index (χ2v) is 7.67. The molecule has 1 N–H and O–H groups in total. The molecule has 0 unspecified atom stereocenters. The number of hydrogen-bond donors (Lipinski definition) is 1. The van der Waals surface area contributed by atoms with E-state index in [-0.39, 0.29) is 23.7 Å². The van der Waals surface area contributed by atoms with Crippen molar-refractivity contribution in [1.29, 1.82) is 0 Å². The zero-order valence-electron chi connectivity index (χ0n) is 17.0. The normalized spacial score (nSPS) is 14.7. The minimum atomic E-state index is -0.337. The molecule has 6 heteroatoms. The molecule has 2 aromatic carbocycles. The van der Waals surface area contributed by atoms with Gasteiger partial charge < -0.3 is 14.7 Å². The van der Waals surface area contributed by atoms with Gasteiger partial charge in [0.1, 0.15) is 5.76 Å². The highest BCUT2D eigenvalue weighted by Gasteiger charge is 2.32. The van der Waals surface area contributed by atoms with Gasteiger partial charge >= 0.3 is 0 Å². The van der Waals surface area contributed by atoms with Crippen molar-refractivity contribution in [2.24, 2.45) is 5.92 Å². The van der Waals surface area contributed by atoms with Crippen LogP contribution < -0.4 is 5.32 Å². The number of piperidine rings is 1. The topological polar surface area (TPSA) is 75.4 Å². The van der Waals surface area contributed by atoms with Gasteiger partial charge in [0, 0.05) is 25.1 Å². The molecule has 0 spiro atoms. The van der Waals surface area contributed by atoms with Gasteiger partial charge in [-0.25, -0.2) is 0 Å². The van der Waals surface area contributed by atoms with Crippen LogP contribution in [-0.4, -0.2) is 35.0 Å². The molecule has 1 fully saturated rings. The standard InChI is InChI=1S/C24H25N3O3/c1-17-16-21(26-30-17)25-23(28)20-12-14-27(15-13-20)24(29)22(18-8-4-2-5-9-18)19-10-6-3-7-11-19/h2-11,16,20,22H,12-15H2,1H3,(H,25,26,28). The molecule has 1 aromatic heterocycles. The summed E-state index contributed by atoms with van der Waals surface area (Å²) in [6.45, 7) is 2.90. The summed E-state index contributed by atoms with van der Waals surface area (Å²) >= 11 is 0. The predicted molar refractivity (Wildman–Crippen MR) is 114 cm³/mol. The third-order valence-electron chi connectivity index (χ3n) is 5.57. The molecule has 0 bridgehead atoms. The van der Waals surface area contributed by atoms with E-state index in [1.165, 1.54) is 0 Å². The van der Waals surface area contributed by atoms with Crippen molar-refractivity contribution in [2.75, 3.05) is 18.4 Å². The van der Waals surface area contributed by atoms with E-state index in [4.69, 9.17) is 4.52 Å². The molecule has 0 aliphatic carbocycles. The molecule has 3 aromatic rings. The minimum absolute atomic E-state index is 0.0712. The third-order valence-corrected chi connectivity index (χ3v) is 5.57. The molecule has 6 nitrogen and oxygen atoms in total. The first-order valence-electron chi connectivity index (χ1n) is 10.2. The second kappa shape index (κ2) is 8.95. The molecular formula is C24H25N3O3. The predicted octanol–water partition coefficient (Wildman–Crippen LogP) is 3.99. The van der Waals surface area contributed by atoms with Gasteiger partial charge in [0.25, 0.3) is 0 Å². The van der Waals surface area contributed by atoms with E-state index in [0.717, 1.165) is 11.1 Å². The van der Waals surface area contributed by atoms with Gasteiger partial charge in [0.2, 0.25) is 11.8 Å². The van der Waals surface area contributed by atoms with Gasteiger partial charge in [-0.2, -0.15) is 0 Å². The highest BCUT2D eigenvalue weighted by molar-refractivity contribution is 5.92. The van der Waals surface area contributed by atoms with Gasteiger partial charge in [0.05, 0.1) is 5.92 Å². The summed E-state index contributed by atoms with van der Waals surface area (Å²) in [5.74, 6) is 0.619. The van der Waals surface area contributed by atoms with E-state index in [2.05, 4.69) is 10.5 Å². The number of rotatable bonds is 5. The van der Waals surface area contributed by atoms with Crippen LogP contribution >= 0.6 is 0 Å². The number of amides is 2. The van der Waals surface area contributed by atoms with Crippen molar-refractivity contribution in [2.45, 2.75) is 25.7 Å². The van der Waals surface area contributed by atoms with Crippen molar-refractivity contribution in [3.05, 3.63) is 83.6 Å². The zero-order valence-corrected chi connectivity index (χ0v) is 17.0. The maximum Gasteiger partial charge on any atom is 0.234 e. The van der Waals surface area contributed by atoms with Gasteiger partial charge in [-0.1, -0.05) is 65.8 Å². The van der Waals surface area contributed by atoms with Crippen molar-refractivity contribution in [3.8, 4) is 0 Å². The minimum Gasteiger partial charge on any atom is -0.360 e. The van der Waals surface area contributed by atoms with Gasteiger partial charge in [-0.15, -0.1) is 0 Å². The number of anilines is 1. The van der Waals surface area contributed by atoms with Crippen LogP contribution in [0.3, 0.4) is 0 Å². The summed E-state index contributed by atoms with van der Waals surface area (Å²) in [5.41, 5.74) is 1.96. The number of aromatic nitrogens is 1. The molecule has 1 saturated heterocycles. The number of nitrogens with one attached hydrogen (secondary N) is 1. The zero-order chi connectivity index (χ0) is 20.9. The number of carbonyl (C=O) groups is 2. The lowest BCUT2D eigenvalue weighted by atomic mass is 9.88. The van der Waals surface area contributed by atoms with E-state index in [9.17, 15) is 9.59 Å². The Kier molecular flexibility index (Phi) is 5.93. The van der Waals surface area contributed by atoms with Crippen LogP contribution in [0.4, 0.5) is 5.82 Å². The van der Waals surface area contributed by atoms with Crippen molar-refractivity contribution < 1.29 is 14.1 Å². The number of aryl methyl sites for hydroxylation is 1. The molecule has 4 rings (SSSR count). The van der Waals surface area contributed by atoms with Crippen LogP contribution in [0.2, 0.25) is 0 Å². The van der Waals surface area contributed by atoms with Crippen LogP contribution in [0, 0.1) is 12.8 Å². The Morgan fingerprint density at radius 1 is 1.00 bits per heavy atom. The fraction of sp³-hybridized carbons (Fsp3) is 0.292. The SMILES string of the molecule is Cc1cc(NC(=O)C2CCN(C(=O)C(c3ccccc3)c3ccccc3)CC2)no1. The Balaban J connectivity index is 1.43. The smallest absolute Gasteiger partial charge is 0.234 e. The largest absolute Gasteiger partial charge is 0.360 e. The first-order chi connectivity index (χ1) is 14.6. The van der Waals surface area contributed by atoms with Crippen molar-refractivity contribution >= 4 is 17.6 Å². The summed E-state index contributed by atoms with van der Waals surface area (Å²) in [5, 5.41) is 6.62. The number of benzene rings is 2. The molecule has 0 radical (unpaired) electrons. The summed E-state index contributed by atoms with van der Waals surface area (Å²) in [4.78, 5) is 27.9. The maximum atomic E-state index is 13.5. The highest BCUT2D eigenvalue weighted by atomic mass is 16.5. The van der Waals surface area contributed by atoms with Crippen LogP contribution in [0.1, 0.15) is 35.6 Å². The fourth-order valence-corrected chi connectivity index (χ4v) is 3.97. The van der Waals surface area contributed by atoms with Crippen LogP contribution in [0.5, 0.6) is 0 Å². The molecule has 2 amide bonds. The van der Waals surface area contributed by atoms with Crippen LogP contribution in [-0.2, 0) is 9.59 Å². The third kappa shape index (κ3) is 4.43. The Labute approximate surface area is 175 Å². The maximum absolute atomic E-state index is 13.5.